The van der Waals surface area contributed by atoms with Gasteiger partial charge in [-0.25, -0.2) is 0 Å². The zero-order chi connectivity index (χ0) is 15.2. The monoisotopic (exact) mass is 318 g/mol. The van der Waals surface area contributed by atoms with Crippen LogP contribution in [0.4, 0.5) is 0 Å². The lowest BCUT2D eigenvalue weighted by Gasteiger charge is -2.30. The van der Waals surface area contributed by atoms with Crippen LogP contribution >= 0.6 is 11.3 Å². The second kappa shape index (κ2) is 7.61. The Morgan fingerprint density at radius 1 is 1.23 bits per heavy atom. The van der Waals surface area contributed by atoms with Crippen molar-refractivity contribution in [2.45, 2.75) is 31.7 Å². The first-order valence-corrected chi connectivity index (χ1v) is 8.82. The number of nitrogens with zero attached hydrogens (tertiary/aromatic N) is 1. The standard InChI is InChI=1S/C17H22N2O2S/c20-17(15-7-5-11-21-15)18-13-14(16-8-6-12-22-16)19-9-3-1-2-4-10-19/h5-8,11-12,14H,1-4,9-10,13H2,(H,18,20)/t14-/m0/s1. The van der Waals surface area contributed by atoms with Gasteiger partial charge in [-0.15, -0.1) is 11.3 Å². The molecule has 22 heavy (non-hydrogen) atoms. The van der Waals surface area contributed by atoms with Gasteiger partial charge < -0.3 is 9.73 Å². The van der Waals surface area contributed by atoms with Crippen LogP contribution in [0.2, 0.25) is 0 Å². The Hall–Kier alpha value is -1.59. The van der Waals surface area contributed by atoms with Crippen LogP contribution in [0.25, 0.3) is 0 Å². The molecule has 1 aliphatic heterocycles. The second-order valence-electron chi connectivity index (χ2n) is 5.67. The number of thiophene rings is 1. The molecule has 1 amide bonds. The molecule has 1 fully saturated rings. The van der Waals surface area contributed by atoms with Gasteiger partial charge in [0, 0.05) is 11.4 Å². The maximum atomic E-state index is 12.1. The van der Waals surface area contributed by atoms with Crippen molar-refractivity contribution < 1.29 is 9.21 Å². The second-order valence-corrected chi connectivity index (χ2v) is 6.65. The van der Waals surface area contributed by atoms with Gasteiger partial charge in [-0.1, -0.05) is 18.9 Å². The highest BCUT2D eigenvalue weighted by Crippen LogP contribution is 2.27. The van der Waals surface area contributed by atoms with E-state index in [0.717, 1.165) is 13.1 Å². The van der Waals surface area contributed by atoms with Gasteiger partial charge in [-0.05, 0) is 49.5 Å². The predicted molar refractivity (Wildman–Crippen MR) is 88.1 cm³/mol. The van der Waals surface area contributed by atoms with Gasteiger partial charge in [-0.3, -0.25) is 9.69 Å². The first-order valence-electron chi connectivity index (χ1n) is 7.94. The summed E-state index contributed by atoms with van der Waals surface area (Å²) in [6.45, 7) is 2.85. The molecule has 1 N–H and O–H groups in total. The summed E-state index contributed by atoms with van der Waals surface area (Å²) in [6, 6.07) is 7.94. The third-order valence-electron chi connectivity index (χ3n) is 4.15. The minimum absolute atomic E-state index is 0.138. The Morgan fingerprint density at radius 3 is 2.68 bits per heavy atom. The number of nitrogens with one attached hydrogen (secondary N) is 1. The highest BCUT2D eigenvalue weighted by atomic mass is 32.1. The van der Waals surface area contributed by atoms with Crippen molar-refractivity contribution in [3.05, 3.63) is 46.5 Å². The molecule has 3 heterocycles. The molecule has 1 atom stereocenters. The average Bonchev–Trinajstić information content (AvgIpc) is 3.18. The SMILES string of the molecule is O=C(NC[C@@H](c1cccs1)N1CCCCCC1)c1ccco1. The van der Waals surface area contributed by atoms with Crippen LogP contribution in [0, 0.1) is 0 Å². The number of hydrogen-bond donors (Lipinski definition) is 1. The molecule has 0 aliphatic carbocycles. The molecule has 0 aromatic carbocycles. The van der Waals surface area contributed by atoms with Gasteiger partial charge in [0.2, 0.25) is 0 Å². The quantitative estimate of drug-likeness (QED) is 0.914. The molecule has 3 rings (SSSR count). The third kappa shape index (κ3) is 3.78. The van der Waals surface area contributed by atoms with E-state index in [9.17, 15) is 4.79 Å². The van der Waals surface area contributed by atoms with E-state index in [0.29, 0.717) is 12.3 Å². The zero-order valence-electron chi connectivity index (χ0n) is 12.7. The minimum Gasteiger partial charge on any atom is -0.459 e. The van der Waals surface area contributed by atoms with Gasteiger partial charge in [0.25, 0.3) is 5.91 Å². The summed E-state index contributed by atoms with van der Waals surface area (Å²) >= 11 is 1.76. The molecule has 1 aliphatic rings. The summed E-state index contributed by atoms with van der Waals surface area (Å²) in [7, 11) is 0. The summed E-state index contributed by atoms with van der Waals surface area (Å²) in [5, 5.41) is 5.13. The van der Waals surface area contributed by atoms with E-state index in [1.165, 1.54) is 36.8 Å². The molecule has 5 heteroatoms. The maximum absolute atomic E-state index is 12.1. The van der Waals surface area contributed by atoms with Crippen LogP contribution in [-0.2, 0) is 0 Å². The number of furan rings is 1. The fourth-order valence-electron chi connectivity index (χ4n) is 2.98. The molecule has 4 nitrogen and oxygen atoms in total. The molecule has 0 bridgehead atoms. The van der Waals surface area contributed by atoms with E-state index in [-0.39, 0.29) is 11.9 Å². The summed E-state index contributed by atoms with van der Waals surface area (Å²) in [4.78, 5) is 15.9. The normalized spacial score (nSPS) is 17.8. The zero-order valence-corrected chi connectivity index (χ0v) is 13.5. The number of hydrogen-bond acceptors (Lipinski definition) is 4. The van der Waals surface area contributed by atoms with Crippen molar-refractivity contribution in [2.75, 3.05) is 19.6 Å². The van der Waals surface area contributed by atoms with Crippen LogP contribution in [0.1, 0.15) is 47.2 Å². The Labute approximate surface area is 135 Å². The van der Waals surface area contributed by atoms with Crippen LogP contribution in [-0.4, -0.2) is 30.4 Å². The van der Waals surface area contributed by atoms with Gasteiger partial charge in [-0.2, -0.15) is 0 Å². The number of likely N-dealkylation sites (tertiary alicyclic amines) is 1. The smallest absolute Gasteiger partial charge is 0.287 e. The highest BCUT2D eigenvalue weighted by Gasteiger charge is 2.23. The minimum atomic E-state index is -0.138. The fourth-order valence-corrected chi connectivity index (χ4v) is 3.84. The van der Waals surface area contributed by atoms with E-state index < -0.39 is 0 Å². The first kappa shape index (κ1) is 15.3. The molecule has 2 aromatic rings. The average molecular weight is 318 g/mol. The van der Waals surface area contributed by atoms with E-state index in [1.54, 1.807) is 23.5 Å². The molecule has 0 spiro atoms. The lowest BCUT2D eigenvalue weighted by atomic mass is 10.2. The molecule has 1 saturated heterocycles. The maximum Gasteiger partial charge on any atom is 0.287 e. The lowest BCUT2D eigenvalue weighted by Crippen LogP contribution is -2.38. The molecular weight excluding hydrogens is 296 g/mol. The van der Waals surface area contributed by atoms with E-state index in [2.05, 4.69) is 27.7 Å². The van der Waals surface area contributed by atoms with E-state index >= 15 is 0 Å². The van der Waals surface area contributed by atoms with Crippen molar-refractivity contribution in [1.29, 1.82) is 0 Å². The lowest BCUT2D eigenvalue weighted by molar-refractivity contribution is 0.0906. The summed E-state index contributed by atoms with van der Waals surface area (Å²) in [5.74, 6) is 0.238. The predicted octanol–water partition coefficient (Wildman–Crippen LogP) is 3.69. The van der Waals surface area contributed by atoms with Crippen LogP contribution in [0.5, 0.6) is 0 Å². The number of rotatable bonds is 5. The van der Waals surface area contributed by atoms with Crippen LogP contribution in [0.3, 0.4) is 0 Å². The summed E-state index contributed by atoms with van der Waals surface area (Å²) in [6.07, 6.45) is 6.64. The molecule has 2 aromatic heterocycles. The highest BCUT2D eigenvalue weighted by molar-refractivity contribution is 7.10. The third-order valence-corrected chi connectivity index (χ3v) is 5.13. The van der Waals surface area contributed by atoms with Crippen molar-refractivity contribution in [3.8, 4) is 0 Å². The van der Waals surface area contributed by atoms with Gasteiger partial charge in [0.1, 0.15) is 0 Å². The summed E-state index contributed by atoms with van der Waals surface area (Å²) in [5.41, 5.74) is 0. The van der Waals surface area contributed by atoms with E-state index in [1.807, 2.05) is 0 Å². The first-order chi connectivity index (χ1) is 10.8. The molecule has 0 saturated carbocycles. The van der Waals surface area contributed by atoms with Crippen LogP contribution in [0.15, 0.2) is 40.3 Å². The Balaban J connectivity index is 1.67. The molecular formula is C17H22N2O2S. The topological polar surface area (TPSA) is 45.5 Å². The number of amides is 1. The fraction of sp³-hybridized carbons (Fsp3) is 0.471. The Morgan fingerprint density at radius 2 is 2.05 bits per heavy atom. The van der Waals surface area contributed by atoms with Crippen molar-refractivity contribution in [2.24, 2.45) is 0 Å². The Bertz CT molecular complexity index is 558. The van der Waals surface area contributed by atoms with Crippen molar-refractivity contribution >= 4 is 17.2 Å². The number of carbonyl (C=O) groups excluding carboxylic acids is 1. The molecule has 0 unspecified atom stereocenters. The number of carbonyl (C=O) groups is 1. The Kier molecular flexibility index (Phi) is 5.29. The summed E-state index contributed by atoms with van der Waals surface area (Å²) < 4.78 is 5.16. The van der Waals surface area contributed by atoms with Crippen LogP contribution < -0.4 is 5.32 Å². The largest absolute Gasteiger partial charge is 0.459 e. The van der Waals surface area contributed by atoms with Crippen molar-refractivity contribution in [1.82, 2.24) is 10.2 Å². The molecule has 0 radical (unpaired) electrons. The van der Waals surface area contributed by atoms with E-state index in [4.69, 9.17) is 4.42 Å². The van der Waals surface area contributed by atoms with Gasteiger partial charge in [0.05, 0.1) is 12.3 Å². The van der Waals surface area contributed by atoms with Gasteiger partial charge in [0.15, 0.2) is 5.76 Å². The van der Waals surface area contributed by atoms with Gasteiger partial charge >= 0.3 is 0 Å². The molecule has 118 valence electrons. The van der Waals surface area contributed by atoms with Crippen molar-refractivity contribution in [3.63, 3.8) is 0 Å².